The van der Waals surface area contributed by atoms with Crippen LogP contribution in [-0.4, -0.2) is 29.5 Å². The number of hydrogen-bond acceptors (Lipinski definition) is 2. The van der Waals surface area contributed by atoms with Crippen molar-refractivity contribution in [1.82, 2.24) is 4.90 Å². The number of nitrogens with zero attached hydrogens (tertiary/aromatic N) is 2. The summed E-state index contributed by atoms with van der Waals surface area (Å²) in [5.41, 5.74) is 0. The second-order valence-electron chi connectivity index (χ2n) is 4.04. The molecule has 3 heteroatoms. The lowest BCUT2D eigenvalue weighted by atomic mass is 9.94. The van der Waals surface area contributed by atoms with Crippen molar-refractivity contribution in [2.24, 2.45) is 10.9 Å². The van der Waals surface area contributed by atoms with Crippen molar-refractivity contribution in [2.75, 3.05) is 18.4 Å². The van der Waals surface area contributed by atoms with Gasteiger partial charge in [0.2, 0.25) is 0 Å². The summed E-state index contributed by atoms with van der Waals surface area (Å²) in [6.07, 6.45) is 6.83. The van der Waals surface area contributed by atoms with Crippen LogP contribution in [-0.2, 0) is 0 Å². The predicted octanol–water partition coefficient (Wildman–Crippen LogP) is 3.44. The fourth-order valence-electron chi connectivity index (χ4n) is 1.90. The lowest BCUT2D eigenvalue weighted by molar-refractivity contribution is 0.222. The Morgan fingerprint density at radius 3 is 2.73 bits per heavy atom. The van der Waals surface area contributed by atoms with Gasteiger partial charge in [-0.1, -0.05) is 35.9 Å². The minimum Gasteiger partial charge on any atom is -0.357 e. The minimum atomic E-state index is 0.917. The van der Waals surface area contributed by atoms with Crippen molar-refractivity contribution in [3.63, 3.8) is 0 Å². The van der Waals surface area contributed by atoms with Gasteiger partial charge in [0.15, 0.2) is 0 Å². The van der Waals surface area contributed by atoms with Gasteiger partial charge in [-0.2, -0.15) is 0 Å². The Bertz CT molecular complexity index is 218. The molecule has 1 heterocycles. The molecule has 2 nitrogen and oxygen atoms in total. The molecule has 0 radical (unpaired) electrons. The molecule has 0 aromatic carbocycles. The van der Waals surface area contributed by atoms with Crippen molar-refractivity contribution in [2.45, 2.75) is 32.6 Å². The maximum absolute atomic E-state index is 4.36. The van der Waals surface area contributed by atoms with E-state index in [1.807, 2.05) is 6.21 Å². The van der Waals surface area contributed by atoms with Crippen LogP contribution in [0.1, 0.15) is 32.6 Å². The van der Waals surface area contributed by atoms with Crippen LogP contribution in [0.4, 0.5) is 0 Å². The van der Waals surface area contributed by atoms with E-state index in [4.69, 9.17) is 0 Å². The third kappa shape index (κ3) is 4.37. The lowest BCUT2D eigenvalue weighted by Gasteiger charge is -2.32. The maximum Gasteiger partial charge on any atom is 0.120 e. The Morgan fingerprint density at radius 1 is 1.53 bits per heavy atom. The first-order valence-electron chi connectivity index (χ1n) is 5.80. The van der Waals surface area contributed by atoms with Crippen LogP contribution in [0.2, 0.25) is 0 Å². The molecule has 86 valence electrons. The van der Waals surface area contributed by atoms with Crippen molar-refractivity contribution in [3.8, 4) is 0 Å². The van der Waals surface area contributed by atoms with E-state index in [1.54, 1.807) is 0 Å². The number of rotatable bonds is 5. The molecule has 1 aliphatic heterocycles. The lowest BCUT2D eigenvalue weighted by Crippen LogP contribution is -2.32. The molecule has 0 unspecified atom stereocenters. The summed E-state index contributed by atoms with van der Waals surface area (Å²) in [4.78, 5) is 6.67. The predicted molar refractivity (Wildman–Crippen MR) is 70.6 cm³/mol. The van der Waals surface area contributed by atoms with Gasteiger partial charge in [-0.15, -0.1) is 0 Å². The van der Waals surface area contributed by atoms with Crippen molar-refractivity contribution in [1.29, 1.82) is 0 Å². The Morgan fingerprint density at radius 2 is 2.20 bits per heavy atom. The molecule has 1 rings (SSSR count). The SMILES string of the molecule is C=C(/N=C\CCBr)N1CCC(CC)CC1. The van der Waals surface area contributed by atoms with Crippen LogP contribution < -0.4 is 0 Å². The zero-order valence-electron chi connectivity index (χ0n) is 9.58. The second-order valence-corrected chi connectivity index (χ2v) is 4.84. The summed E-state index contributed by atoms with van der Waals surface area (Å²) in [6, 6.07) is 0. The molecule has 0 aromatic rings. The Labute approximate surface area is 102 Å². The molecule has 0 aliphatic carbocycles. The summed E-state index contributed by atoms with van der Waals surface area (Å²) < 4.78 is 0. The third-order valence-corrected chi connectivity index (χ3v) is 3.49. The normalized spacial score (nSPS) is 18.7. The van der Waals surface area contributed by atoms with Gasteiger partial charge in [-0.05, 0) is 25.2 Å². The summed E-state index contributed by atoms with van der Waals surface area (Å²) in [5.74, 6) is 1.85. The van der Waals surface area contributed by atoms with Gasteiger partial charge in [-0.3, -0.25) is 0 Å². The van der Waals surface area contributed by atoms with Crippen LogP contribution in [0.25, 0.3) is 0 Å². The van der Waals surface area contributed by atoms with E-state index in [1.165, 1.54) is 19.3 Å². The van der Waals surface area contributed by atoms with Gasteiger partial charge >= 0.3 is 0 Å². The van der Waals surface area contributed by atoms with Crippen LogP contribution in [0, 0.1) is 5.92 Å². The molecule has 0 amide bonds. The summed E-state index contributed by atoms with van der Waals surface area (Å²) >= 11 is 3.38. The molecular weight excluding hydrogens is 252 g/mol. The summed E-state index contributed by atoms with van der Waals surface area (Å²) in [6.45, 7) is 8.55. The quantitative estimate of drug-likeness (QED) is 0.553. The van der Waals surface area contributed by atoms with Crippen LogP contribution in [0.15, 0.2) is 17.4 Å². The van der Waals surface area contributed by atoms with Crippen LogP contribution in [0.5, 0.6) is 0 Å². The number of aliphatic imine (C=N–C) groups is 1. The van der Waals surface area contributed by atoms with E-state index in [9.17, 15) is 0 Å². The number of halogens is 1. The number of hydrogen-bond donors (Lipinski definition) is 0. The molecule has 0 atom stereocenters. The van der Waals surface area contributed by atoms with Crippen molar-refractivity contribution < 1.29 is 0 Å². The average molecular weight is 273 g/mol. The highest BCUT2D eigenvalue weighted by molar-refractivity contribution is 9.09. The van der Waals surface area contributed by atoms with Crippen molar-refractivity contribution in [3.05, 3.63) is 12.4 Å². The minimum absolute atomic E-state index is 0.917. The first-order chi connectivity index (χ1) is 7.27. The molecule has 1 fully saturated rings. The van der Waals surface area contributed by atoms with E-state index < -0.39 is 0 Å². The second kappa shape index (κ2) is 7.04. The highest BCUT2D eigenvalue weighted by atomic mass is 79.9. The average Bonchev–Trinajstić information content (AvgIpc) is 2.29. The Kier molecular flexibility index (Phi) is 5.99. The summed E-state index contributed by atoms with van der Waals surface area (Å²) in [5, 5.41) is 0.974. The first-order valence-corrected chi connectivity index (χ1v) is 6.92. The van der Waals surface area contributed by atoms with Crippen LogP contribution >= 0.6 is 15.9 Å². The van der Waals surface area contributed by atoms with E-state index in [0.717, 1.165) is 36.6 Å². The standard InChI is InChI=1S/C12H21BrN2/c1-3-12-5-9-15(10-6-12)11(2)14-8-4-7-13/h8,12H,2-7,9-10H2,1H3/b14-8-. The van der Waals surface area contributed by atoms with Gasteiger partial charge in [0, 0.05) is 24.6 Å². The number of likely N-dealkylation sites (tertiary alicyclic amines) is 1. The fraction of sp³-hybridized carbons (Fsp3) is 0.750. The van der Waals surface area contributed by atoms with E-state index >= 15 is 0 Å². The fourth-order valence-corrected chi connectivity index (χ4v) is 2.10. The molecule has 0 N–H and O–H groups in total. The molecule has 0 aromatic heterocycles. The topological polar surface area (TPSA) is 15.6 Å². The van der Waals surface area contributed by atoms with Crippen LogP contribution in [0.3, 0.4) is 0 Å². The zero-order chi connectivity index (χ0) is 11.1. The third-order valence-electron chi connectivity index (χ3n) is 3.04. The van der Waals surface area contributed by atoms with Crippen molar-refractivity contribution >= 4 is 22.1 Å². The van der Waals surface area contributed by atoms with Gasteiger partial charge in [-0.25, -0.2) is 4.99 Å². The molecule has 0 spiro atoms. The molecule has 1 aliphatic rings. The largest absolute Gasteiger partial charge is 0.357 e. The molecule has 0 saturated carbocycles. The molecule has 0 bridgehead atoms. The van der Waals surface area contributed by atoms with E-state index in [0.29, 0.717) is 0 Å². The van der Waals surface area contributed by atoms with E-state index in [2.05, 4.69) is 39.3 Å². The highest BCUT2D eigenvalue weighted by Crippen LogP contribution is 2.22. The van der Waals surface area contributed by atoms with Gasteiger partial charge < -0.3 is 4.90 Å². The smallest absolute Gasteiger partial charge is 0.120 e. The number of piperidine rings is 1. The summed E-state index contributed by atoms with van der Waals surface area (Å²) in [7, 11) is 0. The molecule has 15 heavy (non-hydrogen) atoms. The van der Waals surface area contributed by atoms with Gasteiger partial charge in [0.05, 0.1) is 0 Å². The highest BCUT2D eigenvalue weighted by Gasteiger charge is 2.17. The maximum atomic E-state index is 4.36. The Balaban J connectivity index is 2.30. The molecular formula is C12H21BrN2. The van der Waals surface area contributed by atoms with Gasteiger partial charge in [0.1, 0.15) is 5.82 Å². The van der Waals surface area contributed by atoms with E-state index in [-0.39, 0.29) is 0 Å². The molecule has 1 saturated heterocycles. The number of alkyl halides is 1. The Hall–Kier alpha value is -0.310. The van der Waals surface area contributed by atoms with Gasteiger partial charge in [0.25, 0.3) is 0 Å². The first kappa shape index (κ1) is 12.8. The zero-order valence-corrected chi connectivity index (χ0v) is 11.2. The monoisotopic (exact) mass is 272 g/mol.